The number of rotatable bonds is 8. The summed E-state index contributed by atoms with van der Waals surface area (Å²) in [6, 6.07) is 0.294. The maximum absolute atomic E-state index is 5.63. The highest BCUT2D eigenvalue weighted by Crippen LogP contribution is 2.06. The molecule has 0 radical (unpaired) electrons. The van der Waals surface area contributed by atoms with Gasteiger partial charge >= 0.3 is 0 Å². The Bertz CT molecular complexity index is 128. The molecule has 0 aliphatic carbocycles. The fourth-order valence-electron chi connectivity index (χ4n) is 1.41. The molecule has 0 rings (SSSR count). The summed E-state index contributed by atoms with van der Waals surface area (Å²) in [5.41, 5.74) is 0. The van der Waals surface area contributed by atoms with Crippen LogP contribution in [-0.2, 0) is 9.47 Å². The molecule has 0 bridgehead atoms. The van der Waals surface area contributed by atoms with Crippen LogP contribution in [0.1, 0.15) is 34.1 Å². The van der Waals surface area contributed by atoms with Crippen molar-refractivity contribution in [2.45, 2.75) is 52.4 Å². The predicted molar refractivity (Wildman–Crippen MR) is 59.6 cm³/mol. The quantitative estimate of drug-likeness (QED) is 0.652. The highest BCUT2D eigenvalue weighted by Gasteiger charge is 2.18. The van der Waals surface area contributed by atoms with Crippen molar-refractivity contribution in [1.82, 2.24) is 5.32 Å². The maximum Gasteiger partial charge on any atom is 0.0747 e. The first-order valence-electron chi connectivity index (χ1n) is 5.56. The van der Waals surface area contributed by atoms with Crippen molar-refractivity contribution in [3.8, 4) is 0 Å². The van der Waals surface area contributed by atoms with E-state index in [0.29, 0.717) is 12.6 Å². The lowest BCUT2D eigenvalue weighted by Crippen LogP contribution is -2.43. The largest absolute Gasteiger partial charge is 0.377 e. The van der Waals surface area contributed by atoms with Gasteiger partial charge in [0.05, 0.1) is 24.9 Å². The second kappa shape index (κ2) is 8.21. The lowest BCUT2D eigenvalue weighted by molar-refractivity contribution is -0.0130. The van der Waals surface area contributed by atoms with Crippen molar-refractivity contribution in [3.05, 3.63) is 0 Å². The van der Waals surface area contributed by atoms with Crippen molar-refractivity contribution >= 4 is 0 Å². The number of hydrogen-bond donors (Lipinski definition) is 1. The Labute approximate surface area is 88.2 Å². The first kappa shape index (κ1) is 13.9. The van der Waals surface area contributed by atoms with Crippen LogP contribution >= 0.6 is 0 Å². The van der Waals surface area contributed by atoms with Crippen LogP contribution in [0.15, 0.2) is 0 Å². The number of likely N-dealkylation sites (N-methyl/N-ethyl adjacent to an activating group) is 1. The van der Waals surface area contributed by atoms with E-state index in [0.717, 1.165) is 13.0 Å². The average Bonchev–Trinajstić information content (AvgIpc) is 2.16. The van der Waals surface area contributed by atoms with Gasteiger partial charge in [-0.15, -0.1) is 0 Å². The van der Waals surface area contributed by atoms with Crippen molar-refractivity contribution in [3.63, 3.8) is 0 Å². The molecule has 0 spiro atoms. The second-order valence-electron chi connectivity index (χ2n) is 3.68. The van der Waals surface area contributed by atoms with E-state index in [9.17, 15) is 0 Å². The third kappa shape index (κ3) is 5.58. The fraction of sp³-hybridized carbons (Fsp3) is 1.00. The summed E-state index contributed by atoms with van der Waals surface area (Å²) in [5.74, 6) is 0. The molecule has 1 N–H and O–H groups in total. The van der Waals surface area contributed by atoms with Crippen molar-refractivity contribution in [2.75, 3.05) is 20.3 Å². The van der Waals surface area contributed by atoms with E-state index in [1.54, 1.807) is 0 Å². The van der Waals surface area contributed by atoms with Gasteiger partial charge in [-0.2, -0.15) is 0 Å². The van der Waals surface area contributed by atoms with Gasteiger partial charge in [0.25, 0.3) is 0 Å². The third-order valence-corrected chi connectivity index (χ3v) is 2.21. The van der Waals surface area contributed by atoms with Crippen LogP contribution in [0.25, 0.3) is 0 Å². The monoisotopic (exact) mass is 203 g/mol. The van der Waals surface area contributed by atoms with Crippen molar-refractivity contribution in [2.24, 2.45) is 0 Å². The Morgan fingerprint density at radius 3 is 2.14 bits per heavy atom. The Kier molecular flexibility index (Phi) is 8.14. The molecule has 0 saturated carbocycles. The lowest BCUT2D eigenvalue weighted by Gasteiger charge is -2.26. The van der Waals surface area contributed by atoms with Gasteiger partial charge in [-0.25, -0.2) is 0 Å². The van der Waals surface area contributed by atoms with E-state index in [1.165, 1.54) is 0 Å². The molecule has 0 aliphatic rings. The van der Waals surface area contributed by atoms with E-state index < -0.39 is 0 Å². The van der Waals surface area contributed by atoms with Crippen LogP contribution in [0.4, 0.5) is 0 Å². The van der Waals surface area contributed by atoms with E-state index in [-0.39, 0.29) is 12.2 Å². The molecule has 0 aromatic carbocycles. The van der Waals surface area contributed by atoms with Gasteiger partial charge in [-0.1, -0.05) is 6.92 Å². The van der Waals surface area contributed by atoms with Crippen LogP contribution in [0.5, 0.6) is 0 Å². The molecule has 0 heterocycles. The van der Waals surface area contributed by atoms with Gasteiger partial charge < -0.3 is 14.8 Å². The molecular formula is C11H25NO2. The zero-order valence-electron chi connectivity index (χ0n) is 10.2. The van der Waals surface area contributed by atoms with Gasteiger partial charge in [0, 0.05) is 6.61 Å². The van der Waals surface area contributed by atoms with Gasteiger partial charge in [-0.3, -0.25) is 0 Å². The van der Waals surface area contributed by atoms with Crippen LogP contribution < -0.4 is 5.32 Å². The first-order valence-corrected chi connectivity index (χ1v) is 5.56. The van der Waals surface area contributed by atoms with Crippen LogP contribution in [0.2, 0.25) is 0 Å². The minimum absolute atomic E-state index is 0.253. The molecule has 0 aromatic rings. The minimum atomic E-state index is 0.253. The highest BCUT2D eigenvalue weighted by atomic mass is 16.5. The Hall–Kier alpha value is -0.120. The van der Waals surface area contributed by atoms with Crippen molar-refractivity contribution in [1.29, 1.82) is 0 Å². The van der Waals surface area contributed by atoms with E-state index >= 15 is 0 Å². The summed E-state index contributed by atoms with van der Waals surface area (Å²) in [6.45, 7) is 9.74. The normalized spacial score (nSPS) is 15.9. The molecule has 0 amide bonds. The Balaban J connectivity index is 3.94. The zero-order valence-corrected chi connectivity index (χ0v) is 10.2. The number of hydrogen-bond acceptors (Lipinski definition) is 3. The highest BCUT2D eigenvalue weighted by molar-refractivity contribution is 4.74. The molecule has 86 valence electrons. The van der Waals surface area contributed by atoms with Crippen LogP contribution in [-0.4, -0.2) is 38.5 Å². The molecule has 14 heavy (non-hydrogen) atoms. The van der Waals surface area contributed by atoms with Crippen molar-refractivity contribution < 1.29 is 9.47 Å². The van der Waals surface area contributed by atoms with E-state index in [1.807, 2.05) is 27.8 Å². The van der Waals surface area contributed by atoms with E-state index in [4.69, 9.17) is 9.47 Å². The molecule has 3 nitrogen and oxygen atoms in total. The maximum atomic E-state index is 5.63. The molecule has 0 saturated heterocycles. The first-order chi connectivity index (χ1) is 6.65. The molecule has 2 unspecified atom stereocenters. The Morgan fingerprint density at radius 1 is 1.14 bits per heavy atom. The SMILES string of the molecule is CCOC(CC)C(COC(C)C)NC. The molecule has 0 aliphatic heterocycles. The summed E-state index contributed by atoms with van der Waals surface area (Å²) < 4.78 is 11.2. The predicted octanol–water partition coefficient (Wildman–Crippen LogP) is 1.81. The average molecular weight is 203 g/mol. The zero-order chi connectivity index (χ0) is 11.0. The molecule has 0 aromatic heterocycles. The van der Waals surface area contributed by atoms with Gasteiger partial charge in [-0.05, 0) is 34.2 Å². The molecule has 0 fully saturated rings. The third-order valence-electron chi connectivity index (χ3n) is 2.21. The topological polar surface area (TPSA) is 30.5 Å². The number of nitrogens with one attached hydrogen (secondary N) is 1. The fourth-order valence-corrected chi connectivity index (χ4v) is 1.41. The summed E-state index contributed by atoms with van der Waals surface area (Å²) in [6.07, 6.45) is 1.55. The standard InChI is InChI=1S/C11H25NO2/c1-6-11(13-7-2)10(12-5)8-14-9(3)4/h9-12H,6-8H2,1-5H3. The smallest absolute Gasteiger partial charge is 0.0747 e. The number of ether oxygens (including phenoxy) is 2. The second-order valence-corrected chi connectivity index (χ2v) is 3.68. The lowest BCUT2D eigenvalue weighted by atomic mass is 10.1. The summed E-state index contributed by atoms with van der Waals surface area (Å²) in [5, 5.41) is 3.24. The van der Waals surface area contributed by atoms with Crippen LogP contribution in [0.3, 0.4) is 0 Å². The summed E-state index contributed by atoms with van der Waals surface area (Å²) >= 11 is 0. The van der Waals surface area contributed by atoms with Gasteiger partial charge in [0.15, 0.2) is 0 Å². The Morgan fingerprint density at radius 2 is 1.79 bits per heavy atom. The van der Waals surface area contributed by atoms with Crippen LogP contribution in [0, 0.1) is 0 Å². The molecule has 2 atom stereocenters. The summed E-state index contributed by atoms with van der Waals surface area (Å²) in [4.78, 5) is 0. The minimum Gasteiger partial charge on any atom is -0.377 e. The molecule has 3 heteroatoms. The van der Waals surface area contributed by atoms with E-state index in [2.05, 4.69) is 12.2 Å². The summed E-state index contributed by atoms with van der Waals surface area (Å²) in [7, 11) is 1.95. The van der Waals surface area contributed by atoms with Gasteiger partial charge in [0.1, 0.15) is 0 Å². The van der Waals surface area contributed by atoms with Gasteiger partial charge in [0.2, 0.25) is 0 Å². The molecular weight excluding hydrogens is 178 g/mol.